The van der Waals surface area contributed by atoms with Gasteiger partial charge in [-0.25, -0.2) is 9.97 Å². The summed E-state index contributed by atoms with van der Waals surface area (Å²) >= 11 is 0. The predicted octanol–water partition coefficient (Wildman–Crippen LogP) is 5.88. The summed E-state index contributed by atoms with van der Waals surface area (Å²) in [6.45, 7) is 5.15. The van der Waals surface area contributed by atoms with Crippen LogP contribution in [0.1, 0.15) is 61.8 Å². The van der Waals surface area contributed by atoms with E-state index in [2.05, 4.69) is 25.4 Å². The molecule has 5 rings (SSSR count). The molecule has 1 aliphatic rings. The summed E-state index contributed by atoms with van der Waals surface area (Å²) in [6, 6.07) is 8.95. The molecule has 0 spiro atoms. The van der Waals surface area contributed by atoms with Gasteiger partial charge in [0, 0.05) is 40.2 Å². The highest BCUT2D eigenvalue weighted by molar-refractivity contribution is 5.99. The molecule has 1 unspecified atom stereocenters. The molecule has 0 saturated heterocycles. The minimum absolute atomic E-state index is 0.151. The van der Waals surface area contributed by atoms with Crippen molar-refractivity contribution in [3.05, 3.63) is 66.0 Å². The van der Waals surface area contributed by atoms with Crippen LogP contribution >= 0.6 is 0 Å². The smallest absolute Gasteiger partial charge is 0.391 e. The number of benzene rings is 1. The van der Waals surface area contributed by atoms with Gasteiger partial charge in [-0.3, -0.25) is 9.48 Å². The molecule has 3 heterocycles. The van der Waals surface area contributed by atoms with Crippen molar-refractivity contribution in [3.8, 4) is 33.6 Å². The number of aromatic nitrogens is 5. The van der Waals surface area contributed by atoms with Gasteiger partial charge in [0.05, 0.1) is 30.2 Å². The number of amides is 1. The van der Waals surface area contributed by atoms with Crippen LogP contribution in [0.15, 0.2) is 49.1 Å². The fourth-order valence-corrected chi connectivity index (χ4v) is 5.22. The van der Waals surface area contributed by atoms with Gasteiger partial charge in [-0.05, 0) is 62.3 Å². The van der Waals surface area contributed by atoms with Gasteiger partial charge in [0.2, 0.25) is 0 Å². The maximum Gasteiger partial charge on any atom is 0.433 e. The monoisotopic (exact) mass is 566 g/mol. The first-order chi connectivity index (χ1) is 19.5. The van der Waals surface area contributed by atoms with Crippen molar-refractivity contribution in [2.24, 2.45) is 5.92 Å². The first kappa shape index (κ1) is 28.5. The SMILES string of the molecule is CC(C)Cc1[nH]c(-c2cnn(CC(C)O)c2C(F)(F)F)c(-c2ccncn2)c1-c1cccc(C(=O)NC2CCC2)c1. The van der Waals surface area contributed by atoms with Crippen LogP contribution in [0, 0.1) is 5.92 Å². The van der Waals surface area contributed by atoms with Gasteiger partial charge < -0.3 is 15.4 Å². The predicted molar refractivity (Wildman–Crippen MR) is 149 cm³/mol. The molecule has 1 amide bonds. The van der Waals surface area contributed by atoms with E-state index in [-0.39, 0.29) is 35.7 Å². The molecule has 0 aliphatic heterocycles. The van der Waals surface area contributed by atoms with E-state index in [1.807, 2.05) is 19.9 Å². The molecule has 1 aliphatic carbocycles. The summed E-state index contributed by atoms with van der Waals surface area (Å²) in [7, 11) is 0. The normalized spacial score (nSPS) is 14.7. The molecule has 3 N–H and O–H groups in total. The minimum atomic E-state index is -4.74. The lowest BCUT2D eigenvalue weighted by molar-refractivity contribution is -0.144. The van der Waals surface area contributed by atoms with E-state index in [4.69, 9.17) is 0 Å². The van der Waals surface area contributed by atoms with Crippen LogP contribution in [0.25, 0.3) is 33.6 Å². The number of rotatable bonds is 9. The number of aliphatic hydroxyl groups excluding tert-OH is 1. The van der Waals surface area contributed by atoms with E-state index in [0.717, 1.165) is 29.6 Å². The van der Waals surface area contributed by atoms with Crippen LogP contribution in [0.3, 0.4) is 0 Å². The summed E-state index contributed by atoms with van der Waals surface area (Å²) in [5.74, 6) is -0.0105. The van der Waals surface area contributed by atoms with Gasteiger partial charge in [0.25, 0.3) is 5.91 Å². The molecule has 41 heavy (non-hydrogen) atoms. The second kappa shape index (κ2) is 11.5. The third-order valence-electron chi connectivity index (χ3n) is 7.20. The Hall–Kier alpha value is -3.99. The van der Waals surface area contributed by atoms with E-state index in [1.54, 1.807) is 24.3 Å². The molecule has 11 heteroatoms. The van der Waals surface area contributed by atoms with Crippen LogP contribution < -0.4 is 5.32 Å². The third-order valence-corrected chi connectivity index (χ3v) is 7.20. The van der Waals surface area contributed by atoms with Crippen LogP contribution in [-0.4, -0.2) is 47.9 Å². The highest BCUT2D eigenvalue weighted by Gasteiger charge is 2.40. The molecule has 8 nitrogen and oxygen atoms in total. The lowest BCUT2D eigenvalue weighted by atomic mass is 9.91. The van der Waals surface area contributed by atoms with E-state index in [9.17, 15) is 23.1 Å². The molecule has 1 aromatic carbocycles. The fraction of sp³-hybridized carbons (Fsp3) is 0.400. The minimum Gasteiger partial charge on any atom is -0.391 e. The zero-order valence-corrected chi connectivity index (χ0v) is 23.2. The Morgan fingerprint density at radius 2 is 1.98 bits per heavy atom. The number of aliphatic hydroxyl groups is 1. The Kier molecular flexibility index (Phi) is 7.99. The Morgan fingerprint density at radius 3 is 2.59 bits per heavy atom. The highest BCUT2D eigenvalue weighted by atomic mass is 19.4. The Bertz CT molecular complexity index is 1520. The summed E-state index contributed by atoms with van der Waals surface area (Å²) in [4.78, 5) is 24.7. The van der Waals surface area contributed by atoms with Gasteiger partial charge >= 0.3 is 6.18 Å². The number of halogens is 3. The second-order valence-corrected chi connectivity index (χ2v) is 11.0. The standard InChI is InChI=1S/C30H33F3N6O2/c1-17(2)12-24-25(19-6-4-7-20(13-19)29(41)37-21-8-5-9-21)26(23-10-11-34-16-35-23)27(38-24)22-14-36-39(15-18(3)40)28(22)30(31,32)33/h4,6-7,10-11,13-14,16-18,21,38,40H,5,8-9,12,15H2,1-3H3,(H,37,41). The topological polar surface area (TPSA) is 109 Å². The Balaban J connectivity index is 1.75. The highest BCUT2D eigenvalue weighted by Crippen LogP contribution is 2.46. The Morgan fingerprint density at radius 1 is 1.20 bits per heavy atom. The molecule has 216 valence electrons. The number of H-pyrrole nitrogens is 1. The van der Waals surface area contributed by atoms with Gasteiger partial charge in [0.1, 0.15) is 6.33 Å². The average molecular weight is 567 g/mol. The molecule has 4 aromatic rings. The number of nitrogens with zero attached hydrogens (tertiary/aromatic N) is 4. The zero-order valence-electron chi connectivity index (χ0n) is 23.2. The second-order valence-electron chi connectivity index (χ2n) is 11.0. The molecule has 1 atom stereocenters. The summed E-state index contributed by atoms with van der Waals surface area (Å²) < 4.78 is 44.3. The van der Waals surface area contributed by atoms with Crippen LogP contribution in [0.2, 0.25) is 0 Å². The Labute approximate surface area is 236 Å². The third kappa shape index (κ3) is 6.04. The number of alkyl halides is 3. The molecule has 0 radical (unpaired) electrons. The maximum absolute atomic E-state index is 14.5. The molecular formula is C30H33F3N6O2. The number of nitrogens with one attached hydrogen (secondary N) is 2. The van der Waals surface area contributed by atoms with Crippen LogP contribution in [-0.2, 0) is 19.1 Å². The van der Waals surface area contributed by atoms with Crippen molar-refractivity contribution in [1.82, 2.24) is 30.0 Å². The largest absolute Gasteiger partial charge is 0.433 e. The number of carbonyl (C=O) groups excluding carboxylic acids is 1. The van der Waals surface area contributed by atoms with Crippen molar-refractivity contribution < 1.29 is 23.1 Å². The van der Waals surface area contributed by atoms with Gasteiger partial charge in [0.15, 0.2) is 5.69 Å². The van der Waals surface area contributed by atoms with E-state index < -0.39 is 18.0 Å². The van der Waals surface area contributed by atoms with Crippen molar-refractivity contribution >= 4 is 5.91 Å². The van der Waals surface area contributed by atoms with Crippen molar-refractivity contribution in [2.75, 3.05) is 0 Å². The molecule has 1 saturated carbocycles. The fourth-order valence-electron chi connectivity index (χ4n) is 5.22. The van der Waals surface area contributed by atoms with Gasteiger partial charge in [-0.2, -0.15) is 18.3 Å². The summed E-state index contributed by atoms with van der Waals surface area (Å²) in [5.41, 5.74) is 2.53. The number of hydrogen-bond acceptors (Lipinski definition) is 5. The molecule has 1 fully saturated rings. The lowest BCUT2D eigenvalue weighted by Gasteiger charge is -2.26. The summed E-state index contributed by atoms with van der Waals surface area (Å²) in [5, 5.41) is 16.9. The van der Waals surface area contributed by atoms with Crippen LogP contribution in [0.5, 0.6) is 0 Å². The quantitative estimate of drug-likeness (QED) is 0.234. The van der Waals surface area contributed by atoms with Crippen LogP contribution in [0.4, 0.5) is 13.2 Å². The van der Waals surface area contributed by atoms with Gasteiger partial charge in [-0.1, -0.05) is 26.0 Å². The lowest BCUT2D eigenvalue weighted by Crippen LogP contribution is -2.39. The first-order valence-electron chi connectivity index (χ1n) is 13.8. The molecular weight excluding hydrogens is 533 g/mol. The van der Waals surface area contributed by atoms with Crippen molar-refractivity contribution in [3.63, 3.8) is 0 Å². The van der Waals surface area contributed by atoms with E-state index >= 15 is 0 Å². The van der Waals surface area contributed by atoms with Crippen molar-refractivity contribution in [2.45, 2.75) is 71.3 Å². The maximum atomic E-state index is 14.5. The summed E-state index contributed by atoms with van der Waals surface area (Å²) in [6.07, 6.45) is 1.81. The number of hydrogen-bond donors (Lipinski definition) is 3. The number of aromatic amines is 1. The first-order valence-corrected chi connectivity index (χ1v) is 13.8. The van der Waals surface area contributed by atoms with E-state index in [1.165, 1.54) is 25.6 Å². The number of carbonyl (C=O) groups is 1. The van der Waals surface area contributed by atoms with Crippen molar-refractivity contribution in [1.29, 1.82) is 0 Å². The molecule has 0 bridgehead atoms. The van der Waals surface area contributed by atoms with E-state index in [0.29, 0.717) is 34.4 Å². The molecule has 3 aromatic heterocycles. The average Bonchev–Trinajstić information content (AvgIpc) is 3.47. The zero-order chi connectivity index (χ0) is 29.3. The van der Waals surface area contributed by atoms with Gasteiger partial charge in [-0.15, -0.1) is 0 Å².